The van der Waals surface area contributed by atoms with Gasteiger partial charge in [-0.25, -0.2) is 4.79 Å². The number of amides is 2. The molecule has 1 heterocycles. The lowest BCUT2D eigenvalue weighted by molar-refractivity contribution is -0.121. The van der Waals surface area contributed by atoms with Crippen LogP contribution in [0.2, 0.25) is 0 Å². The van der Waals surface area contributed by atoms with Crippen LogP contribution in [0.25, 0.3) is 0 Å². The molecule has 0 saturated carbocycles. The molecule has 22 heavy (non-hydrogen) atoms. The Bertz CT molecular complexity index is 552. The smallest absolute Gasteiger partial charge is 0.407 e. The van der Waals surface area contributed by atoms with Crippen LogP contribution in [0, 0.1) is 12.3 Å². The van der Waals surface area contributed by atoms with Crippen molar-refractivity contribution in [1.29, 1.82) is 0 Å². The number of nitrogens with one attached hydrogen (secondary N) is 2. The van der Waals surface area contributed by atoms with Crippen LogP contribution in [-0.2, 0) is 22.6 Å². The summed E-state index contributed by atoms with van der Waals surface area (Å²) in [4.78, 5) is 23.0. The summed E-state index contributed by atoms with van der Waals surface area (Å²) in [5.74, 6) is 2.31. The minimum Gasteiger partial charge on any atom is -0.444 e. The van der Waals surface area contributed by atoms with Crippen molar-refractivity contribution in [1.82, 2.24) is 20.4 Å². The Labute approximate surface area is 130 Å². The lowest BCUT2D eigenvalue weighted by Gasteiger charge is -2.19. The van der Waals surface area contributed by atoms with Crippen LogP contribution in [-0.4, -0.2) is 33.9 Å². The van der Waals surface area contributed by atoms with E-state index in [2.05, 4.69) is 21.7 Å². The molecule has 1 aromatic heterocycles. The number of alkyl carbamates (subject to hydrolysis) is 1. The van der Waals surface area contributed by atoms with E-state index in [1.54, 1.807) is 37.8 Å². The van der Waals surface area contributed by atoms with Gasteiger partial charge in [0.2, 0.25) is 5.91 Å². The van der Waals surface area contributed by atoms with Gasteiger partial charge in [-0.3, -0.25) is 9.48 Å². The van der Waals surface area contributed by atoms with Gasteiger partial charge in [0.25, 0.3) is 0 Å². The first-order chi connectivity index (χ1) is 10.3. The van der Waals surface area contributed by atoms with Gasteiger partial charge in [-0.15, -0.1) is 6.42 Å². The van der Waals surface area contributed by atoms with E-state index in [1.165, 1.54) is 0 Å². The number of hydrogen-bond acceptors (Lipinski definition) is 4. The van der Waals surface area contributed by atoms with E-state index in [9.17, 15) is 9.59 Å². The summed E-state index contributed by atoms with van der Waals surface area (Å²) in [7, 11) is 0. The summed E-state index contributed by atoms with van der Waals surface area (Å²) in [5.41, 5.74) is 0.314. The lowest BCUT2D eigenvalue weighted by Crippen LogP contribution is -2.35. The number of carbonyl (C=O) groups is 2. The summed E-state index contributed by atoms with van der Waals surface area (Å²) in [6.07, 6.45) is 8.26. The molecule has 7 nitrogen and oxygen atoms in total. The third kappa shape index (κ3) is 7.33. The van der Waals surface area contributed by atoms with Crippen molar-refractivity contribution < 1.29 is 14.3 Å². The van der Waals surface area contributed by atoms with Crippen molar-refractivity contribution in [3.63, 3.8) is 0 Å². The molecule has 2 amide bonds. The minimum atomic E-state index is -0.551. The van der Waals surface area contributed by atoms with Crippen LogP contribution < -0.4 is 10.6 Å². The van der Waals surface area contributed by atoms with Gasteiger partial charge < -0.3 is 15.4 Å². The summed E-state index contributed by atoms with van der Waals surface area (Å²) >= 11 is 0. The molecule has 0 spiro atoms. The molecule has 7 heteroatoms. The highest BCUT2D eigenvalue weighted by atomic mass is 16.6. The predicted molar refractivity (Wildman–Crippen MR) is 81.8 cm³/mol. The molecule has 0 unspecified atom stereocenters. The second-order valence-electron chi connectivity index (χ2n) is 5.71. The average Bonchev–Trinajstić information content (AvgIpc) is 2.82. The van der Waals surface area contributed by atoms with Crippen molar-refractivity contribution >= 4 is 12.0 Å². The third-order valence-electron chi connectivity index (χ3n) is 2.45. The first kappa shape index (κ1) is 17.6. The zero-order valence-corrected chi connectivity index (χ0v) is 13.2. The number of nitrogens with zero attached hydrogens (tertiary/aromatic N) is 2. The molecule has 0 aliphatic heterocycles. The molecule has 0 aromatic carbocycles. The van der Waals surface area contributed by atoms with Crippen molar-refractivity contribution in [3.05, 3.63) is 18.0 Å². The Morgan fingerprint density at radius 3 is 2.77 bits per heavy atom. The van der Waals surface area contributed by atoms with Crippen molar-refractivity contribution in [3.8, 4) is 12.3 Å². The van der Waals surface area contributed by atoms with Crippen LogP contribution in [0.15, 0.2) is 12.4 Å². The highest BCUT2D eigenvalue weighted by Gasteiger charge is 2.15. The summed E-state index contributed by atoms with van der Waals surface area (Å²) in [6, 6.07) is 0. The van der Waals surface area contributed by atoms with Crippen LogP contribution in [0.1, 0.15) is 32.8 Å². The molecular formula is C15H22N4O3. The largest absolute Gasteiger partial charge is 0.444 e. The van der Waals surface area contributed by atoms with E-state index in [1.807, 2.05) is 0 Å². The van der Waals surface area contributed by atoms with Crippen LogP contribution >= 0.6 is 0 Å². The number of hydrogen-bond donors (Lipinski definition) is 2. The Kier molecular flexibility index (Phi) is 6.45. The predicted octanol–water partition coefficient (Wildman–Crippen LogP) is 1.05. The Morgan fingerprint density at radius 2 is 2.14 bits per heavy atom. The Morgan fingerprint density at radius 1 is 1.41 bits per heavy atom. The molecule has 0 atom stereocenters. The van der Waals surface area contributed by atoms with Gasteiger partial charge in [0.05, 0.1) is 6.20 Å². The quantitative estimate of drug-likeness (QED) is 0.769. The highest BCUT2D eigenvalue weighted by molar-refractivity contribution is 5.77. The van der Waals surface area contributed by atoms with Crippen LogP contribution in [0.3, 0.4) is 0 Å². The SMILES string of the molecule is C#CCn1cc(CNC(=O)CCNC(=O)OC(C)(C)C)cn1. The first-order valence-electron chi connectivity index (χ1n) is 6.98. The maximum atomic E-state index is 11.7. The summed E-state index contributed by atoms with van der Waals surface area (Å²) in [6.45, 7) is 6.32. The van der Waals surface area contributed by atoms with Crippen LogP contribution in [0.5, 0.6) is 0 Å². The highest BCUT2D eigenvalue weighted by Crippen LogP contribution is 2.06. The molecule has 2 N–H and O–H groups in total. The van der Waals surface area contributed by atoms with Gasteiger partial charge in [-0.05, 0) is 20.8 Å². The number of carbonyl (C=O) groups excluding carboxylic acids is 2. The van der Waals surface area contributed by atoms with Crippen molar-refractivity contribution in [2.75, 3.05) is 6.54 Å². The second-order valence-corrected chi connectivity index (χ2v) is 5.71. The molecule has 0 saturated heterocycles. The van der Waals surface area contributed by atoms with Gasteiger partial charge >= 0.3 is 6.09 Å². The zero-order chi connectivity index (χ0) is 16.6. The fourth-order valence-electron chi connectivity index (χ4n) is 1.56. The van der Waals surface area contributed by atoms with Gasteiger partial charge in [-0.1, -0.05) is 5.92 Å². The average molecular weight is 306 g/mol. The molecule has 0 fully saturated rings. The maximum Gasteiger partial charge on any atom is 0.407 e. The number of aromatic nitrogens is 2. The van der Waals surface area contributed by atoms with E-state index < -0.39 is 11.7 Å². The minimum absolute atomic E-state index is 0.166. The third-order valence-corrected chi connectivity index (χ3v) is 2.45. The van der Waals surface area contributed by atoms with E-state index in [0.717, 1.165) is 5.56 Å². The van der Waals surface area contributed by atoms with Gasteiger partial charge in [0, 0.05) is 31.3 Å². The van der Waals surface area contributed by atoms with E-state index >= 15 is 0 Å². The fourth-order valence-corrected chi connectivity index (χ4v) is 1.56. The number of rotatable bonds is 6. The molecule has 0 aliphatic carbocycles. The maximum absolute atomic E-state index is 11.7. The van der Waals surface area contributed by atoms with Crippen LogP contribution in [0.4, 0.5) is 4.79 Å². The zero-order valence-electron chi connectivity index (χ0n) is 13.2. The molecule has 0 aliphatic rings. The fraction of sp³-hybridized carbons (Fsp3) is 0.533. The van der Waals surface area contributed by atoms with Gasteiger partial charge in [-0.2, -0.15) is 5.10 Å². The van der Waals surface area contributed by atoms with Crippen molar-refractivity contribution in [2.45, 2.75) is 45.9 Å². The second kappa shape index (κ2) is 8.08. The van der Waals surface area contributed by atoms with Gasteiger partial charge in [0.1, 0.15) is 12.1 Å². The van der Waals surface area contributed by atoms with E-state index in [4.69, 9.17) is 11.2 Å². The molecule has 1 aromatic rings. The lowest BCUT2D eigenvalue weighted by atomic mass is 10.2. The molecule has 120 valence electrons. The summed E-state index contributed by atoms with van der Waals surface area (Å²) in [5, 5.41) is 9.32. The monoisotopic (exact) mass is 306 g/mol. The Hall–Kier alpha value is -2.49. The van der Waals surface area contributed by atoms with Gasteiger partial charge in [0.15, 0.2) is 0 Å². The molecule has 0 radical (unpaired) electrons. The number of ether oxygens (including phenoxy) is 1. The standard InChI is InChI=1S/C15H22N4O3/c1-5-8-19-11-12(10-18-19)9-17-13(20)6-7-16-14(21)22-15(2,3)4/h1,10-11H,6-9H2,2-4H3,(H,16,21)(H,17,20). The Balaban J connectivity index is 2.21. The molecule has 0 bridgehead atoms. The topological polar surface area (TPSA) is 85.2 Å². The molecular weight excluding hydrogens is 284 g/mol. The number of terminal acetylenes is 1. The van der Waals surface area contributed by atoms with Crippen molar-refractivity contribution in [2.24, 2.45) is 0 Å². The van der Waals surface area contributed by atoms with E-state index in [-0.39, 0.29) is 18.9 Å². The van der Waals surface area contributed by atoms with E-state index in [0.29, 0.717) is 13.1 Å². The first-order valence-corrected chi connectivity index (χ1v) is 6.98. The normalized spacial score (nSPS) is 10.6. The molecule has 1 rings (SSSR count). The summed E-state index contributed by atoms with van der Waals surface area (Å²) < 4.78 is 6.68.